The molecule has 3 nitrogen and oxygen atoms in total. The van der Waals surface area contributed by atoms with Gasteiger partial charge in [-0.15, -0.1) is 0 Å². The van der Waals surface area contributed by atoms with Gasteiger partial charge in [0.2, 0.25) is 5.95 Å². The Kier molecular flexibility index (Phi) is 2.43. The van der Waals surface area contributed by atoms with Gasteiger partial charge in [0.1, 0.15) is 5.82 Å². The summed E-state index contributed by atoms with van der Waals surface area (Å²) < 4.78 is 13.1. The molecular formula is C10H11FN2O. The van der Waals surface area contributed by atoms with E-state index in [1.807, 2.05) is 4.90 Å². The van der Waals surface area contributed by atoms with E-state index >= 15 is 0 Å². The number of carbonyl (C=O) groups is 1. The van der Waals surface area contributed by atoms with E-state index in [1.54, 1.807) is 6.07 Å². The molecule has 0 unspecified atom stereocenters. The summed E-state index contributed by atoms with van der Waals surface area (Å²) in [5.41, 5.74) is 0.0212. The number of aromatic nitrogens is 1. The molecular weight excluding hydrogens is 183 g/mol. The van der Waals surface area contributed by atoms with Crippen LogP contribution in [0, 0.1) is 5.95 Å². The number of rotatable bonds is 2. The number of hydrogen-bond acceptors (Lipinski definition) is 3. The average molecular weight is 194 g/mol. The predicted molar refractivity (Wildman–Crippen MR) is 51.0 cm³/mol. The topological polar surface area (TPSA) is 33.2 Å². The molecule has 0 radical (unpaired) electrons. The molecule has 0 aliphatic carbocycles. The van der Waals surface area contributed by atoms with E-state index in [2.05, 4.69) is 4.98 Å². The second-order valence-electron chi connectivity index (χ2n) is 3.36. The lowest BCUT2D eigenvalue weighted by atomic mass is 10.3. The van der Waals surface area contributed by atoms with Crippen LogP contribution >= 0.6 is 0 Å². The van der Waals surface area contributed by atoms with Crippen molar-refractivity contribution >= 4 is 12.1 Å². The van der Waals surface area contributed by atoms with Gasteiger partial charge in [-0.3, -0.25) is 4.79 Å². The molecule has 0 N–H and O–H groups in total. The van der Waals surface area contributed by atoms with Crippen LogP contribution in [0.1, 0.15) is 23.2 Å². The van der Waals surface area contributed by atoms with Crippen LogP contribution in [0.2, 0.25) is 0 Å². The number of nitrogens with zero attached hydrogens (tertiary/aromatic N) is 2. The lowest BCUT2D eigenvalue weighted by Gasteiger charge is -2.15. The SMILES string of the molecule is O=Cc1ccc(N2CCCC2)nc1F. The zero-order valence-corrected chi connectivity index (χ0v) is 7.74. The van der Waals surface area contributed by atoms with Crippen molar-refractivity contribution in [3.63, 3.8) is 0 Å². The molecule has 1 fully saturated rings. The maximum atomic E-state index is 13.1. The van der Waals surface area contributed by atoms with Crippen molar-refractivity contribution in [3.05, 3.63) is 23.6 Å². The summed E-state index contributed by atoms with van der Waals surface area (Å²) >= 11 is 0. The minimum atomic E-state index is -0.676. The summed E-state index contributed by atoms with van der Waals surface area (Å²) in [5, 5.41) is 0. The standard InChI is InChI=1S/C10H11FN2O/c11-10-8(7-14)3-4-9(12-10)13-5-1-2-6-13/h3-4,7H,1-2,5-6H2. The first-order chi connectivity index (χ1) is 6.81. The normalized spacial score (nSPS) is 15.9. The Morgan fingerprint density at radius 3 is 2.64 bits per heavy atom. The Labute approximate surface area is 81.6 Å². The molecule has 0 amide bonds. The van der Waals surface area contributed by atoms with Gasteiger partial charge in [-0.05, 0) is 25.0 Å². The molecule has 0 bridgehead atoms. The molecule has 74 valence electrons. The highest BCUT2D eigenvalue weighted by Crippen LogP contribution is 2.18. The van der Waals surface area contributed by atoms with Gasteiger partial charge >= 0.3 is 0 Å². The van der Waals surface area contributed by atoms with E-state index in [9.17, 15) is 9.18 Å². The minimum Gasteiger partial charge on any atom is -0.357 e. The van der Waals surface area contributed by atoms with Crippen LogP contribution < -0.4 is 4.90 Å². The van der Waals surface area contributed by atoms with Crippen molar-refractivity contribution in [1.29, 1.82) is 0 Å². The van der Waals surface area contributed by atoms with Crippen LogP contribution in [0.25, 0.3) is 0 Å². The molecule has 14 heavy (non-hydrogen) atoms. The zero-order chi connectivity index (χ0) is 9.97. The van der Waals surface area contributed by atoms with Gasteiger partial charge in [0.15, 0.2) is 6.29 Å². The Bertz CT molecular complexity index is 348. The molecule has 2 rings (SSSR count). The lowest BCUT2D eigenvalue weighted by Crippen LogP contribution is -2.19. The Hall–Kier alpha value is -1.45. The third-order valence-corrected chi connectivity index (χ3v) is 2.42. The fourth-order valence-electron chi connectivity index (χ4n) is 1.65. The fourth-order valence-corrected chi connectivity index (χ4v) is 1.65. The summed E-state index contributed by atoms with van der Waals surface area (Å²) in [6, 6.07) is 3.17. The molecule has 1 aliphatic heterocycles. The quantitative estimate of drug-likeness (QED) is 0.530. The molecule has 1 aromatic rings. The van der Waals surface area contributed by atoms with Gasteiger partial charge in [0.05, 0.1) is 5.56 Å². The first kappa shape index (κ1) is 9.12. The number of aldehydes is 1. The maximum Gasteiger partial charge on any atom is 0.225 e. The highest BCUT2D eigenvalue weighted by Gasteiger charge is 2.14. The van der Waals surface area contributed by atoms with Gasteiger partial charge < -0.3 is 4.90 Å². The number of carbonyl (C=O) groups excluding carboxylic acids is 1. The number of halogens is 1. The van der Waals surface area contributed by atoms with Gasteiger partial charge in [-0.1, -0.05) is 0 Å². The van der Waals surface area contributed by atoms with Crippen LogP contribution in [-0.2, 0) is 0 Å². The Morgan fingerprint density at radius 2 is 2.07 bits per heavy atom. The van der Waals surface area contributed by atoms with Gasteiger partial charge in [0, 0.05) is 13.1 Å². The molecule has 0 atom stereocenters. The Morgan fingerprint density at radius 1 is 1.36 bits per heavy atom. The number of anilines is 1. The van der Waals surface area contributed by atoms with E-state index in [1.165, 1.54) is 6.07 Å². The van der Waals surface area contributed by atoms with Crippen LogP contribution in [0.3, 0.4) is 0 Å². The second kappa shape index (κ2) is 3.74. The van der Waals surface area contributed by atoms with Gasteiger partial charge in [-0.25, -0.2) is 4.98 Å². The van der Waals surface area contributed by atoms with E-state index in [4.69, 9.17) is 0 Å². The summed E-state index contributed by atoms with van der Waals surface area (Å²) in [6.45, 7) is 1.85. The van der Waals surface area contributed by atoms with Crippen molar-refractivity contribution in [2.45, 2.75) is 12.8 Å². The van der Waals surface area contributed by atoms with Crippen molar-refractivity contribution in [1.82, 2.24) is 4.98 Å². The Balaban J connectivity index is 2.27. The van der Waals surface area contributed by atoms with E-state index in [0.29, 0.717) is 12.1 Å². The predicted octanol–water partition coefficient (Wildman–Crippen LogP) is 1.63. The van der Waals surface area contributed by atoms with Crippen LogP contribution in [0.4, 0.5) is 10.2 Å². The average Bonchev–Trinajstić information content (AvgIpc) is 2.70. The summed E-state index contributed by atoms with van der Waals surface area (Å²) in [7, 11) is 0. The first-order valence-electron chi connectivity index (χ1n) is 4.68. The van der Waals surface area contributed by atoms with E-state index in [-0.39, 0.29) is 5.56 Å². The first-order valence-corrected chi connectivity index (χ1v) is 4.68. The molecule has 1 aliphatic rings. The second-order valence-corrected chi connectivity index (χ2v) is 3.36. The molecule has 2 heterocycles. The summed E-state index contributed by atoms with van der Waals surface area (Å²) in [4.78, 5) is 16.1. The van der Waals surface area contributed by atoms with E-state index in [0.717, 1.165) is 25.9 Å². The van der Waals surface area contributed by atoms with Crippen LogP contribution in [0.5, 0.6) is 0 Å². The minimum absolute atomic E-state index is 0.0212. The highest BCUT2D eigenvalue weighted by molar-refractivity contribution is 5.75. The molecule has 4 heteroatoms. The summed E-state index contributed by atoms with van der Waals surface area (Å²) in [5.74, 6) is -0.0463. The molecule has 0 aromatic carbocycles. The van der Waals surface area contributed by atoms with Crippen molar-refractivity contribution in [3.8, 4) is 0 Å². The number of pyridine rings is 1. The summed E-state index contributed by atoms with van der Waals surface area (Å²) in [6.07, 6.45) is 2.73. The van der Waals surface area contributed by atoms with E-state index < -0.39 is 5.95 Å². The third-order valence-electron chi connectivity index (χ3n) is 2.42. The van der Waals surface area contributed by atoms with Crippen LogP contribution in [0.15, 0.2) is 12.1 Å². The number of hydrogen-bond donors (Lipinski definition) is 0. The van der Waals surface area contributed by atoms with Gasteiger partial charge in [-0.2, -0.15) is 4.39 Å². The molecule has 1 aromatic heterocycles. The molecule has 0 saturated carbocycles. The van der Waals surface area contributed by atoms with Crippen LogP contribution in [-0.4, -0.2) is 24.4 Å². The fraction of sp³-hybridized carbons (Fsp3) is 0.400. The van der Waals surface area contributed by atoms with Crippen molar-refractivity contribution < 1.29 is 9.18 Å². The highest BCUT2D eigenvalue weighted by atomic mass is 19.1. The monoisotopic (exact) mass is 194 g/mol. The third kappa shape index (κ3) is 1.60. The van der Waals surface area contributed by atoms with Gasteiger partial charge in [0.25, 0.3) is 0 Å². The lowest BCUT2D eigenvalue weighted by molar-refractivity contribution is 0.111. The maximum absolute atomic E-state index is 13.1. The largest absolute Gasteiger partial charge is 0.357 e. The smallest absolute Gasteiger partial charge is 0.225 e. The van der Waals surface area contributed by atoms with Crippen molar-refractivity contribution in [2.24, 2.45) is 0 Å². The zero-order valence-electron chi connectivity index (χ0n) is 7.74. The molecule has 0 spiro atoms. The molecule has 1 saturated heterocycles. The van der Waals surface area contributed by atoms with Crippen molar-refractivity contribution in [2.75, 3.05) is 18.0 Å².